The van der Waals surface area contributed by atoms with E-state index >= 15 is 0 Å². The Morgan fingerprint density at radius 3 is 2.84 bits per heavy atom. The predicted molar refractivity (Wildman–Crippen MR) is 80.1 cm³/mol. The van der Waals surface area contributed by atoms with Crippen LogP contribution in [0.5, 0.6) is 5.75 Å². The van der Waals surface area contributed by atoms with Crippen LogP contribution in [0.3, 0.4) is 0 Å². The second kappa shape index (κ2) is 6.68. The van der Waals surface area contributed by atoms with Gasteiger partial charge in [-0.05, 0) is 49.2 Å². The fourth-order valence-electron chi connectivity index (χ4n) is 1.78. The van der Waals surface area contributed by atoms with Gasteiger partial charge < -0.3 is 10.5 Å². The van der Waals surface area contributed by atoms with Gasteiger partial charge in [0.05, 0.1) is 5.69 Å². The molecule has 2 N–H and O–H groups in total. The van der Waals surface area contributed by atoms with Crippen molar-refractivity contribution in [2.75, 3.05) is 0 Å². The Kier molecular flexibility index (Phi) is 4.93. The summed E-state index contributed by atoms with van der Waals surface area (Å²) in [7, 11) is 0. The van der Waals surface area contributed by atoms with Crippen molar-refractivity contribution in [3.05, 3.63) is 58.3 Å². The molecule has 3 nitrogen and oxygen atoms in total. The van der Waals surface area contributed by atoms with Crippen LogP contribution in [0.25, 0.3) is 0 Å². The quantitative estimate of drug-likeness (QED) is 0.919. The molecular formula is C15H17BrN2O. The highest BCUT2D eigenvalue weighted by Crippen LogP contribution is 2.24. The molecule has 1 atom stereocenters. The second-order valence-corrected chi connectivity index (χ2v) is 5.40. The molecule has 0 saturated heterocycles. The molecule has 1 aromatic carbocycles. The summed E-state index contributed by atoms with van der Waals surface area (Å²) in [5.74, 6) is 0.838. The zero-order valence-electron chi connectivity index (χ0n) is 10.8. The summed E-state index contributed by atoms with van der Waals surface area (Å²) >= 11 is 3.53. The fourth-order valence-corrected chi connectivity index (χ4v) is 2.19. The van der Waals surface area contributed by atoms with Crippen LogP contribution in [-0.2, 0) is 13.0 Å². The van der Waals surface area contributed by atoms with Gasteiger partial charge in [-0.3, -0.25) is 4.98 Å². The monoisotopic (exact) mass is 320 g/mol. The van der Waals surface area contributed by atoms with Crippen molar-refractivity contribution in [3.63, 3.8) is 0 Å². The number of pyridine rings is 1. The molecule has 100 valence electrons. The first-order valence-corrected chi connectivity index (χ1v) is 7.01. The van der Waals surface area contributed by atoms with Crippen molar-refractivity contribution in [3.8, 4) is 5.75 Å². The van der Waals surface area contributed by atoms with Crippen molar-refractivity contribution in [1.82, 2.24) is 4.98 Å². The topological polar surface area (TPSA) is 48.1 Å². The number of nitrogens with two attached hydrogens (primary N) is 1. The number of halogens is 1. The van der Waals surface area contributed by atoms with Crippen molar-refractivity contribution in [2.24, 2.45) is 5.73 Å². The van der Waals surface area contributed by atoms with Crippen LogP contribution >= 0.6 is 15.9 Å². The van der Waals surface area contributed by atoms with E-state index in [-0.39, 0.29) is 6.04 Å². The van der Waals surface area contributed by atoms with E-state index in [1.54, 1.807) is 6.20 Å². The molecule has 0 aliphatic carbocycles. The molecular weight excluding hydrogens is 304 g/mol. The highest BCUT2D eigenvalue weighted by Gasteiger charge is 2.05. The molecule has 0 saturated carbocycles. The third kappa shape index (κ3) is 4.33. The van der Waals surface area contributed by atoms with Crippen molar-refractivity contribution < 1.29 is 4.74 Å². The maximum atomic E-state index is 5.84. The third-order valence-electron chi connectivity index (χ3n) is 2.67. The fraction of sp³-hybridized carbons (Fsp3) is 0.267. The van der Waals surface area contributed by atoms with E-state index < -0.39 is 0 Å². The lowest BCUT2D eigenvalue weighted by Crippen LogP contribution is -2.18. The molecule has 0 bridgehead atoms. The lowest BCUT2D eigenvalue weighted by atomic mass is 10.1. The Morgan fingerprint density at radius 1 is 1.32 bits per heavy atom. The Bertz CT molecular complexity index is 529. The summed E-state index contributed by atoms with van der Waals surface area (Å²) in [6.07, 6.45) is 2.59. The molecule has 0 aliphatic rings. The molecule has 0 fully saturated rings. The van der Waals surface area contributed by atoms with Gasteiger partial charge in [0.1, 0.15) is 12.4 Å². The lowest BCUT2D eigenvalue weighted by Gasteiger charge is -2.11. The average molecular weight is 321 g/mol. The van der Waals surface area contributed by atoms with E-state index in [1.807, 2.05) is 43.3 Å². The van der Waals surface area contributed by atoms with Crippen LogP contribution < -0.4 is 10.5 Å². The van der Waals surface area contributed by atoms with E-state index in [0.717, 1.165) is 27.9 Å². The molecule has 19 heavy (non-hydrogen) atoms. The normalized spacial score (nSPS) is 12.2. The van der Waals surface area contributed by atoms with Crippen LogP contribution in [0.15, 0.2) is 47.1 Å². The molecule has 2 aromatic rings. The molecule has 0 amide bonds. The summed E-state index contributed by atoms with van der Waals surface area (Å²) in [5, 5.41) is 0. The second-order valence-electron chi connectivity index (χ2n) is 4.54. The van der Waals surface area contributed by atoms with Crippen LogP contribution in [0, 0.1) is 0 Å². The van der Waals surface area contributed by atoms with Gasteiger partial charge >= 0.3 is 0 Å². The number of nitrogens with zero attached hydrogens (tertiary/aromatic N) is 1. The van der Waals surface area contributed by atoms with E-state index in [2.05, 4.69) is 20.9 Å². The maximum absolute atomic E-state index is 5.84. The number of aromatic nitrogens is 1. The summed E-state index contributed by atoms with van der Waals surface area (Å²) in [6, 6.07) is 11.9. The van der Waals surface area contributed by atoms with Gasteiger partial charge in [-0.1, -0.05) is 22.0 Å². The lowest BCUT2D eigenvalue weighted by molar-refractivity contribution is 0.301. The average Bonchev–Trinajstić information content (AvgIpc) is 2.40. The van der Waals surface area contributed by atoms with E-state index in [9.17, 15) is 0 Å². The van der Waals surface area contributed by atoms with Crippen molar-refractivity contribution in [2.45, 2.75) is 26.0 Å². The summed E-state index contributed by atoms with van der Waals surface area (Å²) in [5.41, 5.74) is 7.91. The number of ether oxygens (including phenoxy) is 1. The summed E-state index contributed by atoms with van der Waals surface area (Å²) in [6.45, 7) is 2.47. The molecule has 1 heterocycles. The highest BCUT2D eigenvalue weighted by atomic mass is 79.9. The highest BCUT2D eigenvalue weighted by molar-refractivity contribution is 9.10. The number of hydrogen-bond donors (Lipinski definition) is 1. The van der Waals surface area contributed by atoms with Gasteiger partial charge in [0, 0.05) is 16.7 Å². The smallest absolute Gasteiger partial charge is 0.130 e. The molecule has 0 aliphatic heterocycles. The maximum Gasteiger partial charge on any atom is 0.130 e. The third-order valence-corrected chi connectivity index (χ3v) is 3.45. The Labute approximate surface area is 121 Å². The zero-order valence-corrected chi connectivity index (χ0v) is 12.4. The summed E-state index contributed by atoms with van der Waals surface area (Å²) in [4.78, 5) is 4.23. The van der Waals surface area contributed by atoms with Crippen LogP contribution in [0.1, 0.15) is 18.2 Å². The molecule has 4 heteroatoms. The molecule has 1 unspecified atom stereocenters. The first-order valence-electron chi connectivity index (χ1n) is 6.22. The van der Waals surface area contributed by atoms with Crippen molar-refractivity contribution in [1.29, 1.82) is 0 Å². The first kappa shape index (κ1) is 14.0. The molecule has 2 rings (SSSR count). The van der Waals surface area contributed by atoms with Gasteiger partial charge in [-0.2, -0.15) is 0 Å². The van der Waals surface area contributed by atoms with Crippen LogP contribution in [0.2, 0.25) is 0 Å². The molecule has 0 radical (unpaired) electrons. The minimum atomic E-state index is 0.127. The largest absolute Gasteiger partial charge is 0.487 e. The minimum Gasteiger partial charge on any atom is -0.487 e. The Hall–Kier alpha value is -1.39. The Balaban J connectivity index is 2.04. The van der Waals surface area contributed by atoms with Gasteiger partial charge in [-0.25, -0.2) is 0 Å². The van der Waals surface area contributed by atoms with Gasteiger partial charge in [0.2, 0.25) is 0 Å². The number of benzene rings is 1. The van der Waals surface area contributed by atoms with Crippen LogP contribution in [0.4, 0.5) is 0 Å². The zero-order chi connectivity index (χ0) is 13.7. The first-order chi connectivity index (χ1) is 9.15. The standard InChI is InChI=1S/C15H17BrN2O/c1-11(17)8-12-9-14(5-6-15(12)16)19-10-13-4-2-3-7-18-13/h2-7,9,11H,8,10,17H2,1H3. The van der Waals surface area contributed by atoms with E-state index in [4.69, 9.17) is 10.5 Å². The SMILES string of the molecule is CC(N)Cc1cc(OCc2ccccn2)ccc1Br. The van der Waals surface area contributed by atoms with Gasteiger partial charge in [0.15, 0.2) is 0 Å². The summed E-state index contributed by atoms with van der Waals surface area (Å²) < 4.78 is 6.81. The van der Waals surface area contributed by atoms with Crippen molar-refractivity contribution >= 4 is 15.9 Å². The minimum absolute atomic E-state index is 0.127. The number of rotatable bonds is 5. The predicted octanol–water partition coefficient (Wildman–Crippen LogP) is 3.31. The van der Waals surface area contributed by atoms with Gasteiger partial charge in [0.25, 0.3) is 0 Å². The van der Waals surface area contributed by atoms with E-state index in [0.29, 0.717) is 6.61 Å². The number of hydrogen-bond acceptors (Lipinski definition) is 3. The molecule has 0 spiro atoms. The Morgan fingerprint density at radius 2 is 2.16 bits per heavy atom. The van der Waals surface area contributed by atoms with E-state index in [1.165, 1.54) is 0 Å². The van der Waals surface area contributed by atoms with Gasteiger partial charge in [-0.15, -0.1) is 0 Å². The van der Waals surface area contributed by atoms with Crippen LogP contribution in [-0.4, -0.2) is 11.0 Å². The molecule has 1 aromatic heterocycles.